The van der Waals surface area contributed by atoms with Crippen LogP contribution < -0.4 is 4.90 Å². The lowest BCUT2D eigenvalue weighted by molar-refractivity contribution is 0.607. The molecule has 0 bridgehead atoms. The number of imidazole rings is 1. The number of nitriles is 1. The molecule has 1 aliphatic carbocycles. The lowest BCUT2D eigenvalue weighted by atomic mass is 10.0. The molecule has 0 saturated carbocycles. The highest BCUT2D eigenvalue weighted by atomic mass is 35.5. The van der Waals surface area contributed by atoms with Gasteiger partial charge in [0.2, 0.25) is 0 Å². The molecule has 3 heterocycles. The van der Waals surface area contributed by atoms with Crippen molar-refractivity contribution in [2.75, 3.05) is 11.4 Å². The highest BCUT2D eigenvalue weighted by Crippen LogP contribution is 2.39. The molecular formula is C18H20ClN5. The van der Waals surface area contributed by atoms with E-state index in [1.807, 2.05) is 0 Å². The summed E-state index contributed by atoms with van der Waals surface area (Å²) in [6.45, 7) is 0.917. The SMILES string of the molecule is Cn1c([C@@H]2CCCN2c2ncc(C#N)cc2Cl)nc2c1CCCC2. The molecule has 1 fully saturated rings. The number of aromatic nitrogens is 3. The second-order valence-corrected chi connectivity index (χ2v) is 7.03. The number of hydrogen-bond acceptors (Lipinski definition) is 4. The van der Waals surface area contributed by atoms with Gasteiger partial charge in [-0.1, -0.05) is 11.6 Å². The topological polar surface area (TPSA) is 57.7 Å². The first-order valence-electron chi connectivity index (χ1n) is 8.55. The second-order valence-electron chi connectivity index (χ2n) is 6.62. The molecule has 1 saturated heterocycles. The molecule has 0 unspecified atom stereocenters. The van der Waals surface area contributed by atoms with Crippen molar-refractivity contribution in [3.63, 3.8) is 0 Å². The van der Waals surface area contributed by atoms with Gasteiger partial charge in [0.05, 0.1) is 22.3 Å². The second kappa shape index (κ2) is 6.10. The lowest BCUT2D eigenvalue weighted by Crippen LogP contribution is -2.26. The van der Waals surface area contributed by atoms with Gasteiger partial charge in [-0.05, 0) is 44.6 Å². The average Bonchev–Trinajstić information content (AvgIpc) is 3.20. The molecule has 5 nitrogen and oxygen atoms in total. The normalized spacial score (nSPS) is 20.0. The fourth-order valence-corrected chi connectivity index (χ4v) is 4.27. The number of fused-ring (bicyclic) bond motifs is 1. The van der Waals surface area contributed by atoms with Gasteiger partial charge >= 0.3 is 0 Å². The van der Waals surface area contributed by atoms with Gasteiger partial charge in [-0.2, -0.15) is 5.26 Å². The van der Waals surface area contributed by atoms with Crippen LogP contribution in [0.25, 0.3) is 0 Å². The molecule has 2 aliphatic rings. The number of halogens is 1. The minimum absolute atomic E-state index is 0.207. The maximum Gasteiger partial charge on any atom is 0.148 e. The van der Waals surface area contributed by atoms with Crippen LogP contribution in [0.4, 0.5) is 5.82 Å². The van der Waals surface area contributed by atoms with Crippen molar-refractivity contribution in [2.24, 2.45) is 7.05 Å². The maximum absolute atomic E-state index is 9.00. The number of hydrogen-bond donors (Lipinski definition) is 0. The van der Waals surface area contributed by atoms with Crippen LogP contribution in [0.2, 0.25) is 5.02 Å². The molecule has 1 atom stereocenters. The minimum atomic E-state index is 0.207. The first kappa shape index (κ1) is 15.5. The Bertz CT molecular complexity index is 820. The van der Waals surface area contributed by atoms with Gasteiger partial charge in [0.1, 0.15) is 17.7 Å². The van der Waals surface area contributed by atoms with Crippen molar-refractivity contribution in [3.05, 3.63) is 40.1 Å². The summed E-state index contributed by atoms with van der Waals surface area (Å²) in [7, 11) is 2.14. The van der Waals surface area contributed by atoms with Crippen LogP contribution in [-0.2, 0) is 19.9 Å². The molecule has 124 valence electrons. The van der Waals surface area contributed by atoms with E-state index < -0.39 is 0 Å². The van der Waals surface area contributed by atoms with E-state index in [0.717, 1.165) is 43.9 Å². The Morgan fingerprint density at radius 2 is 2.12 bits per heavy atom. The van der Waals surface area contributed by atoms with Gasteiger partial charge in [-0.3, -0.25) is 0 Å². The van der Waals surface area contributed by atoms with Crippen molar-refractivity contribution in [2.45, 2.75) is 44.6 Å². The molecule has 2 aromatic rings. The molecule has 1 aliphatic heterocycles. The molecule has 0 radical (unpaired) electrons. The molecule has 2 aromatic heterocycles. The van der Waals surface area contributed by atoms with Gasteiger partial charge in [0, 0.05) is 25.5 Å². The number of nitrogens with zero attached hydrogens (tertiary/aromatic N) is 5. The number of aryl methyl sites for hydroxylation is 1. The summed E-state index contributed by atoms with van der Waals surface area (Å²) in [5, 5.41) is 9.54. The van der Waals surface area contributed by atoms with Crippen molar-refractivity contribution in [1.29, 1.82) is 5.26 Å². The molecule has 0 amide bonds. The zero-order chi connectivity index (χ0) is 16.7. The van der Waals surface area contributed by atoms with Gasteiger partial charge in [-0.25, -0.2) is 9.97 Å². The highest BCUT2D eigenvalue weighted by Gasteiger charge is 2.33. The van der Waals surface area contributed by atoms with Crippen LogP contribution in [0, 0.1) is 11.3 Å². The van der Waals surface area contributed by atoms with Gasteiger partial charge in [0.15, 0.2) is 0 Å². The molecule has 6 heteroatoms. The molecule has 4 rings (SSSR count). The zero-order valence-electron chi connectivity index (χ0n) is 13.8. The summed E-state index contributed by atoms with van der Waals surface area (Å²) in [6.07, 6.45) is 8.46. The maximum atomic E-state index is 9.00. The summed E-state index contributed by atoms with van der Waals surface area (Å²) in [5.41, 5.74) is 3.15. The summed E-state index contributed by atoms with van der Waals surface area (Å²) in [4.78, 5) is 11.7. The van der Waals surface area contributed by atoms with Crippen LogP contribution in [0.5, 0.6) is 0 Å². The fourth-order valence-electron chi connectivity index (χ4n) is 4.00. The third kappa shape index (κ3) is 2.46. The molecular weight excluding hydrogens is 322 g/mol. The van der Waals surface area contributed by atoms with Crippen molar-refractivity contribution < 1.29 is 0 Å². The fraction of sp³-hybridized carbons (Fsp3) is 0.500. The first-order valence-corrected chi connectivity index (χ1v) is 8.93. The van der Waals surface area contributed by atoms with Gasteiger partial charge in [-0.15, -0.1) is 0 Å². The number of rotatable bonds is 2. The third-order valence-electron chi connectivity index (χ3n) is 5.18. The average molecular weight is 342 g/mol. The lowest BCUT2D eigenvalue weighted by Gasteiger charge is -2.26. The van der Waals surface area contributed by atoms with Crippen molar-refractivity contribution in [1.82, 2.24) is 14.5 Å². The molecule has 0 aromatic carbocycles. The predicted molar refractivity (Wildman–Crippen MR) is 93.1 cm³/mol. The van der Waals surface area contributed by atoms with E-state index >= 15 is 0 Å². The predicted octanol–water partition coefficient (Wildman–Crippen LogP) is 3.56. The van der Waals surface area contributed by atoms with Gasteiger partial charge < -0.3 is 9.47 Å². The van der Waals surface area contributed by atoms with E-state index in [1.54, 1.807) is 12.3 Å². The van der Waals surface area contributed by atoms with E-state index in [9.17, 15) is 0 Å². The molecule has 0 spiro atoms. The largest absolute Gasteiger partial charge is 0.345 e. The Hall–Kier alpha value is -2.06. The summed E-state index contributed by atoms with van der Waals surface area (Å²) < 4.78 is 2.29. The van der Waals surface area contributed by atoms with Crippen molar-refractivity contribution in [3.8, 4) is 6.07 Å². The minimum Gasteiger partial charge on any atom is -0.345 e. The number of pyridine rings is 1. The van der Waals surface area contributed by atoms with Crippen LogP contribution in [0.3, 0.4) is 0 Å². The van der Waals surface area contributed by atoms with E-state index in [-0.39, 0.29) is 6.04 Å². The van der Waals surface area contributed by atoms with E-state index in [0.29, 0.717) is 10.6 Å². The molecule has 0 N–H and O–H groups in total. The smallest absolute Gasteiger partial charge is 0.148 e. The quantitative estimate of drug-likeness (QED) is 0.838. The van der Waals surface area contributed by atoms with Crippen LogP contribution in [0.15, 0.2) is 12.3 Å². The van der Waals surface area contributed by atoms with E-state index in [4.69, 9.17) is 21.8 Å². The van der Waals surface area contributed by atoms with Crippen LogP contribution >= 0.6 is 11.6 Å². The van der Waals surface area contributed by atoms with Crippen LogP contribution in [0.1, 0.15) is 54.5 Å². The summed E-state index contributed by atoms with van der Waals surface area (Å²) >= 11 is 6.40. The Balaban J connectivity index is 1.71. The van der Waals surface area contributed by atoms with E-state index in [2.05, 4.69) is 27.6 Å². The van der Waals surface area contributed by atoms with Crippen molar-refractivity contribution >= 4 is 17.4 Å². The summed E-state index contributed by atoms with van der Waals surface area (Å²) in [6, 6.07) is 3.99. The molecule has 24 heavy (non-hydrogen) atoms. The number of anilines is 1. The standard InChI is InChI=1S/C18H20ClN5/c1-23-15-6-3-2-5-14(15)22-18(23)16-7-4-8-24(16)17-13(19)9-12(10-20)11-21-17/h9,11,16H,2-8H2,1H3/t16-/m0/s1. The van der Waals surface area contributed by atoms with E-state index in [1.165, 1.54) is 24.2 Å². The Kier molecular flexibility index (Phi) is 3.93. The highest BCUT2D eigenvalue weighted by molar-refractivity contribution is 6.33. The first-order chi connectivity index (χ1) is 11.7. The summed E-state index contributed by atoms with van der Waals surface area (Å²) in [5.74, 6) is 1.89. The Morgan fingerprint density at radius 1 is 1.29 bits per heavy atom. The monoisotopic (exact) mass is 341 g/mol. The zero-order valence-corrected chi connectivity index (χ0v) is 14.6. The van der Waals surface area contributed by atoms with Gasteiger partial charge in [0.25, 0.3) is 0 Å². The Morgan fingerprint density at radius 3 is 2.88 bits per heavy atom. The third-order valence-corrected chi connectivity index (χ3v) is 5.46. The Labute approximate surface area is 146 Å². The van der Waals surface area contributed by atoms with Crippen LogP contribution in [-0.4, -0.2) is 21.1 Å².